The highest BCUT2D eigenvalue weighted by molar-refractivity contribution is 7.25. The van der Waals surface area contributed by atoms with Crippen LogP contribution >= 0.6 is 11.3 Å². The van der Waals surface area contributed by atoms with Gasteiger partial charge in [0.1, 0.15) is 5.75 Å². The monoisotopic (exact) mass is 470 g/mol. The highest BCUT2D eigenvalue weighted by atomic mass is 32.1. The van der Waals surface area contributed by atoms with Crippen LogP contribution in [-0.4, -0.2) is 18.5 Å². The van der Waals surface area contributed by atoms with E-state index in [-0.39, 0.29) is 5.97 Å². The van der Waals surface area contributed by atoms with Gasteiger partial charge >= 0.3 is 11.9 Å². The summed E-state index contributed by atoms with van der Waals surface area (Å²) in [7, 11) is 0. The average molecular weight is 471 g/mol. The Morgan fingerprint density at radius 3 is 2.09 bits per heavy atom. The maximum Gasteiger partial charge on any atom is 0.338 e. The lowest BCUT2D eigenvalue weighted by atomic mass is 10.0. The van der Waals surface area contributed by atoms with E-state index in [2.05, 4.69) is 55.6 Å². The second kappa shape index (κ2) is 10.1. The first-order valence-electron chi connectivity index (χ1n) is 11.1. The van der Waals surface area contributed by atoms with Crippen molar-refractivity contribution in [3.05, 3.63) is 90.5 Å². The van der Waals surface area contributed by atoms with Crippen LogP contribution in [-0.2, 0) is 20.7 Å². The number of aryl methyl sites for hydroxylation is 1. The van der Waals surface area contributed by atoms with Gasteiger partial charge in [-0.05, 0) is 67.6 Å². The molecule has 34 heavy (non-hydrogen) atoms. The summed E-state index contributed by atoms with van der Waals surface area (Å²) in [4.78, 5) is 23.3. The van der Waals surface area contributed by atoms with Crippen molar-refractivity contribution in [3.63, 3.8) is 0 Å². The molecule has 4 aromatic rings. The molecule has 0 saturated heterocycles. The van der Waals surface area contributed by atoms with Crippen molar-refractivity contribution < 1.29 is 19.1 Å². The third kappa shape index (κ3) is 5.26. The number of rotatable bonds is 8. The molecule has 172 valence electrons. The van der Waals surface area contributed by atoms with Crippen LogP contribution in [0.15, 0.2) is 85.0 Å². The minimum Gasteiger partial charge on any atom is -0.462 e. The van der Waals surface area contributed by atoms with E-state index in [1.807, 2.05) is 18.2 Å². The third-order valence-electron chi connectivity index (χ3n) is 5.48. The largest absolute Gasteiger partial charge is 0.462 e. The van der Waals surface area contributed by atoms with E-state index in [1.165, 1.54) is 15.6 Å². The van der Waals surface area contributed by atoms with Gasteiger partial charge in [-0.15, -0.1) is 11.3 Å². The molecule has 0 spiro atoms. The molecule has 0 aliphatic carbocycles. The summed E-state index contributed by atoms with van der Waals surface area (Å²) in [5.41, 5.74) is 4.29. The maximum atomic E-state index is 11.8. The van der Waals surface area contributed by atoms with Gasteiger partial charge in [0, 0.05) is 31.3 Å². The van der Waals surface area contributed by atoms with Crippen molar-refractivity contribution in [2.75, 3.05) is 6.61 Å². The minimum absolute atomic E-state index is 0.337. The van der Waals surface area contributed by atoms with Crippen LogP contribution in [0.1, 0.15) is 25.8 Å². The number of carbonyl (C=O) groups is 2. The van der Waals surface area contributed by atoms with Crippen LogP contribution in [0.5, 0.6) is 5.75 Å². The Hall–Kier alpha value is -3.70. The molecule has 1 aromatic heterocycles. The predicted molar refractivity (Wildman–Crippen MR) is 139 cm³/mol. The molecule has 0 atom stereocenters. The normalized spacial score (nSPS) is 10.9. The first-order chi connectivity index (χ1) is 16.3. The molecule has 0 unspecified atom stereocenters. The molecule has 4 rings (SSSR count). The standard InChI is InChI=1S/C29H26O4S/c1-18(2)28(30)32-15-5-6-20-7-9-21(10-8-20)22-11-13-24-25-14-12-23(33-29(31)19(3)4)17-27(25)34-26(24)16-22/h7-14,16-17H,1,3,5-6,15H2,2,4H3. The molecular weight excluding hydrogens is 444 g/mol. The zero-order valence-electron chi connectivity index (χ0n) is 19.4. The van der Waals surface area contributed by atoms with Crippen molar-refractivity contribution in [1.29, 1.82) is 0 Å². The van der Waals surface area contributed by atoms with Crippen molar-refractivity contribution >= 4 is 43.4 Å². The van der Waals surface area contributed by atoms with Gasteiger partial charge in [-0.1, -0.05) is 49.6 Å². The van der Waals surface area contributed by atoms with Gasteiger partial charge in [0.05, 0.1) is 6.61 Å². The van der Waals surface area contributed by atoms with Crippen molar-refractivity contribution in [2.24, 2.45) is 0 Å². The summed E-state index contributed by atoms with van der Waals surface area (Å²) in [5, 5.41) is 2.33. The summed E-state index contributed by atoms with van der Waals surface area (Å²) >= 11 is 1.68. The van der Waals surface area contributed by atoms with E-state index in [0.29, 0.717) is 23.5 Å². The van der Waals surface area contributed by atoms with Crippen molar-refractivity contribution in [1.82, 2.24) is 0 Å². The molecule has 5 heteroatoms. The van der Waals surface area contributed by atoms with E-state index in [0.717, 1.165) is 34.1 Å². The predicted octanol–water partition coefficient (Wildman–Crippen LogP) is 7.25. The number of carbonyl (C=O) groups excluding carboxylic acids is 2. The fraction of sp³-hybridized carbons (Fsp3) is 0.172. The molecule has 0 aliphatic rings. The van der Waals surface area contributed by atoms with Crippen LogP contribution < -0.4 is 4.74 Å². The average Bonchev–Trinajstić information content (AvgIpc) is 3.18. The second-order valence-corrected chi connectivity index (χ2v) is 9.44. The highest BCUT2D eigenvalue weighted by Crippen LogP contribution is 2.38. The summed E-state index contributed by atoms with van der Waals surface area (Å²) in [6, 6.07) is 20.7. The fourth-order valence-corrected chi connectivity index (χ4v) is 4.80. The molecule has 0 aliphatic heterocycles. The summed E-state index contributed by atoms with van der Waals surface area (Å²) in [5.74, 6) is -0.229. The summed E-state index contributed by atoms with van der Waals surface area (Å²) in [6.45, 7) is 10.9. The Kier molecular flexibility index (Phi) is 6.94. The number of hydrogen-bond donors (Lipinski definition) is 0. The Labute approximate surface area is 203 Å². The highest BCUT2D eigenvalue weighted by Gasteiger charge is 2.11. The summed E-state index contributed by atoms with van der Waals surface area (Å²) in [6.07, 6.45) is 1.62. The maximum absolute atomic E-state index is 11.8. The molecule has 1 heterocycles. The number of benzene rings is 3. The van der Waals surface area contributed by atoms with Crippen LogP contribution in [0.3, 0.4) is 0 Å². The molecule has 3 aromatic carbocycles. The van der Waals surface area contributed by atoms with Crippen LogP contribution in [0, 0.1) is 0 Å². The lowest BCUT2D eigenvalue weighted by molar-refractivity contribution is -0.139. The Morgan fingerprint density at radius 2 is 1.41 bits per heavy atom. The zero-order chi connectivity index (χ0) is 24.2. The molecular formula is C29H26O4S. The lowest BCUT2D eigenvalue weighted by Gasteiger charge is -2.06. The van der Waals surface area contributed by atoms with Crippen LogP contribution in [0.2, 0.25) is 0 Å². The van der Waals surface area contributed by atoms with Crippen LogP contribution in [0.25, 0.3) is 31.3 Å². The van der Waals surface area contributed by atoms with Crippen molar-refractivity contribution in [3.8, 4) is 16.9 Å². The van der Waals surface area contributed by atoms with Gasteiger partial charge in [0.15, 0.2) is 0 Å². The van der Waals surface area contributed by atoms with E-state index in [9.17, 15) is 9.59 Å². The molecule has 4 nitrogen and oxygen atoms in total. The smallest absolute Gasteiger partial charge is 0.338 e. The number of fused-ring (bicyclic) bond motifs is 3. The summed E-state index contributed by atoms with van der Waals surface area (Å²) < 4.78 is 12.8. The Morgan fingerprint density at radius 1 is 0.794 bits per heavy atom. The SMILES string of the molecule is C=C(C)C(=O)OCCCc1ccc(-c2ccc3c(c2)sc2cc(OC(=O)C(=C)C)ccc23)cc1. The number of thiophene rings is 1. The molecule has 0 bridgehead atoms. The Balaban J connectivity index is 1.48. The van der Waals surface area contributed by atoms with E-state index >= 15 is 0 Å². The molecule has 0 radical (unpaired) electrons. The molecule has 0 fully saturated rings. The van der Waals surface area contributed by atoms with Gasteiger partial charge < -0.3 is 9.47 Å². The van der Waals surface area contributed by atoms with E-state index < -0.39 is 5.97 Å². The lowest BCUT2D eigenvalue weighted by Crippen LogP contribution is -2.07. The molecule has 0 saturated carbocycles. The van der Waals surface area contributed by atoms with Gasteiger partial charge in [-0.25, -0.2) is 9.59 Å². The Bertz CT molecular complexity index is 1410. The third-order valence-corrected chi connectivity index (χ3v) is 6.60. The number of esters is 2. The van der Waals surface area contributed by atoms with Gasteiger partial charge in [0.2, 0.25) is 0 Å². The first kappa shape index (κ1) is 23.5. The fourth-order valence-electron chi connectivity index (χ4n) is 3.62. The van der Waals surface area contributed by atoms with E-state index in [4.69, 9.17) is 9.47 Å². The number of ether oxygens (including phenoxy) is 2. The van der Waals surface area contributed by atoms with E-state index in [1.54, 1.807) is 25.2 Å². The van der Waals surface area contributed by atoms with Crippen LogP contribution in [0.4, 0.5) is 0 Å². The molecule has 0 N–H and O–H groups in total. The van der Waals surface area contributed by atoms with Gasteiger partial charge in [-0.2, -0.15) is 0 Å². The van der Waals surface area contributed by atoms with Gasteiger partial charge in [-0.3, -0.25) is 0 Å². The van der Waals surface area contributed by atoms with Crippen molar-refractivity contribution in [2.45, 2.75) is 26.7 Å². The molecule has 0 amide bonds. The topological polar surface area (TPSA) is 52.6 Å². The quantitative estimate of drug-likeness (QED) is 0.118. The zero-order valence-corrected chi connectivity index (χ0v) is 20.2. The van der Waals surface area contributed by atoms with Gasteiger partial charge in [0.25, 0.3) is 0 Å². The second-order valence-electron chi connectivity index (χ2n) is 8.36. The minimum atomic E-state index is -0.418. The number of hydrogen-bond acceptors (Lipinski definition) is 5. The first-order valence-corrected chi connectivity index (χ1v) is 11.9.